The first-order valence-electron chi connectivity index (χ1n) is 2.31. The molecule has 0 aliphatic heterocycles. The van der Waals surface area contributed by atoms with E-state index in [-0.39, 0.29) is 0 Å². The third kappa shape index (κ3) is 5.88. The molecule has 0 saturated heterocycles. The summed E-state index contributed by atoms with van der Waals surface area (Å²) in [7, 11) is 1.56. The fourth-order valence-electron chi connectivity index (χ4n) is 0.177. The highest BCUT2D eigenvalue weighted by molar-refractivity contribution is 4.39. The highest BCUT2D eigenvalue weighted by Gasteiger charge is 1.84. The molecule has 0 amide bonds. The molecule has 0 aliphatic rings. The molecule has 0 aromatic rings. The molecule has 0 radical (unpaired) electrons. The maximum Gasteiger partial charge on any atom is 0.0588 e. The summed E-state index contributed by atoms with van der Waals surface area (Å²) in [6.45, 7) is 4.04. The van der Waals surface area contributed by atoms with Crippen molar-refractivity contribution < 1.29 is 4.84 Å². The zero-order valence-corrected chi connectivity index (χ0v) is 4.99. The zero-order valence-electron chi connectivity index (χ0n) is 4.99. The summed E-state index contributed by atoms with van der Waals surface area (Å²) >= 11 is 0. The van der Waals surface area contributed by atoms with Crippen molar-refractivity contribution in [1.82, 2.24) is 11.0 Å². The smallest absolute Gasteiger partial charge is 0.0588 e. The minimum atomic E-state index is 0.417. The Morgan fingerprint density at radius 1 is 1.43 bits per heavy atom. The summed E-state index contributed by atoms with van der Waals surface area (Å²) < 4.78 is 0. The minimum Gasteiger partial charge on any atom is -0.290 e. The molecule has 3 nitrogen and oxygen atoms in total. The van der Waals surface area contributed by atoms with E-state index in [0.717, 1.165) is 0 Å². The lowest BCUT2D eigenvalue weighted by Gasteiger charge is -2.05. The molecule has 0 heterocycles. The lowest BCUT2D eigenvalue weighted by Crippen LogP contribution is -2.36. The van der Waals surface area contributed by atoms with Gasteiger partial charge in [-0.05, 0) is 13.8 Å². The summed E-state index contributed by atoms with van der Waals surface area (Å²) in [4.78, 5) is 4.49. The lowest BCUT2D eigenvalue weighted by molar-refractivity contribution is 0.0480. The Kier molecular flexibility index (Phi) is 3.98. The first-order valence-corrected chi connectivity index (χ1v) is 2.31. The van der Waals surface area contributed by atoms with Gasteiger partial charge in [0.2, 0.25) is 0 Å². The van der Waals surface area contributed by atoms with Gasteiger partial charge in [-0.1, -0.05) is 0 Å². The molecule has 7 heavy (non-hydrogen) atoms. The van der Waals surface area contributed by atoms with Crippen LogP contribution in [0, 0.1) is 0 Å². The van der Waals surface area contributed by atoms with E-state index in [0.29, 0.717) is 6.04 Å². The molecule has 0 fully saturated rings. The largest absolute Gasteiger partial charge is 0.290 e. The predicted octanol–water partition coefficient (Wildman–Crippen LogP) is 0.0504. The molecule has 0 atom stereocenters. The number of rotatable bonds is 3. The first kappa shape index (κ1) is 6.88. The average Bonchev–Trinajstić information content (AvgIpc) is 1.61. The Hall–Kier alpha value is -0.120. The van der Waals surface area contributed by atoms with Crippen LogP contribution in [0.3, 0.4) is 0 Å². The molecule has 0 spiro atoms. The van der Waals surface area contributed by atoms with Crippen LogP contribution in [0.15, 0.2) is 0 Å². The van der Waals surface area contributed by atoms with Gasteiger partial charge in [0, 0.05) is 6.04 Å². The van der Waals surface area contributed by atoms with Crippen LogP contribution in [0.25, 0.3) is 0 Å². The average molecular weight is 104 g/mol. The second kappa shape index (κ2) is 4.05. The van der Waals surface area contributed by atoms with Crippen molar-refractivity contribution >= 4 is 0 Å². The zero-order chi connectivity index (χ0) is 5.70. The molecule has 3 heteroatoms. The van der Waals surface area contributed by atoms with E-state index >= 15 is 0 Å². The molecule has 2 N–H and O–H groups in total. The second-order valence-corrected chi connectivity index (χ2v) is 1.61. The topological polar surface area (TPSA) is 33.3 Å². The van der Waals surface area contributed by atoms with Crippen LogP contribution in [0.1, 0.15) is 13.8 Å². The van der Waals surface area contributed by atoms with Gasteiger partial charge in [-0.25, -0.2) is 5.43 Å². The Morgan fingerprint density at radius 3 is 2.14 bits per heavy atom. The van der Waals surface area contributed by atoms with E-state index in [4.69, 9.17) is 0 Å². The van der Waals surface area contributed by atoms with Crippen molar-refractivity contribution in [3.63, 3.8) is 0 Å². The highest BCUT2D eigenvalue weighted by Crippen LogP contribution is 1.68. The summed E-state index contributed by atoms with van der Waals surface area (Å²) in [6.07, 6.45) is 0. The van der Waals surface area contributed by atoms with Crippen LogP contribution in [0.2, 0.25) is 0 Å². The van der Waals surface area contributed by atoms with Crippen molar-refractivity contribution in [2.24, 2.45) is 0 Å². The van der Waals surface area contributed by atoms with Crippen LogP contribution < -0.4 is 11.0 Å². The van der Waals surface area contributed by atoms with E-state index in [1.54, 1.807) is 7.11 Å². The van der Waals surface area contributed by atoms with Gasteiger partial charge in [0.25, 0.3) is 0 Å². The third-order valence-corrected chi connectivity index (χ3v) is 0.450. The van der Waals surface area contributed by atoms with Crippen molar-refractivity contribution in [3.05, 3.63) is 0 Å². The Bertz CT molecular complexity index is 38.7. The van der Waals surface area contributed by atoms with E-state index in [1.165, 1.54) is 0 Å². The summed E-state index contributed by atoms with van der Waals surface area (Å²) in [5.74, 6) is 0. The van der Waals surface area contributed by atoms with Gasteiger partial charge in [-0.2, -0.15) is 0 Å². The van der Waals surface area contributed by atoms with Gasteiger partial charge >= 0.3 is 0 Å². The third-order valence-electron chi connectivity index (χ3n) is 0.450. The minimum absolute atomic E-state index is 0.417. The van der Waals surface area contributed by atoms with Gasteiger partial charge in [-0.15, -0.1) is 5.59 Å². The van der Waals surface area contributed by atoms with Gasteiger partial charge in [0.1, 0.15) is 0 Å². The van der Waals surface area contributed by atoms with E-state index in [2.05, 4.69) is 15.9 Å². The number of hydrogen-bond donors (Lipinski definition) is 2. The van der Waals surface area contributed by atoms with Gasteiger partial charge in [0.05, 0.1) is 7.11 Å². The summed E-state index contributed by atoms with van der Waals surface area (Å²) in [5.41, 5.74) is 5.32. The van der Waals surface area contributed by atoms with Crippen molar-refractivity contribution in [2.45, 2.75) is 19.9 Å². The van der Waals surface area contributed by atoms with E-state index < -0.39 is 0 Å². The Balaban J connectivity index is 2.68. The summed E-state index contributed by atoms with van der Waals surface area (Å²) in [6, 6.07) is 0.417. The Labute approximate surface area is 44.0 Å². The monoisotopic (exact) mass is 104 g/mol. The first-order chi connectivity index (χ1) is 3.27. The van der Waals surface area contributed by atoms with Crippen molar-refractivity contribution in [1.29, 1.82) is 0 Å². The quantitative estimate of drug-likeness (QED) is 0.496. The number of hydrogen-bond acceptors (Lipinski definition) is 3. The second-order valence-electron chi connectivity index (χ2n) is 1.61. The highest BCUT2D eigenvalue weighted by atomic mass is 16.7. The molecular weight excluding hydrogens is 92.1 g/mol. The number of hydrazine groups is 1. The van der Waals surface area contributed by atoms with Gasteiger partial charge in [-0.3, -0.25) is 4.84 Å². The fourth-order valence-corrected chi connectivity index (χ4v) is 0.177. The molecule has 0 aromatic carbocycles. The van der Waals surface area contributed by atoms with Crippen LogP contribution in [-0.2, 0) is 4.84 Å². The molecule has 0 bridgehead atoms. The fraction of sp³-hybridized carbons (Fsp3) is 1.00. The number of nitrogens with one attached hydrogen (secondary N) is 2. The van der Waals surface area contributed by atoms with Crippen LogP contribution >= 0.6 is 0 Å². The molecule has 0 aromatic heterocycles. The van der Waals surface area contributed by atoms with Crippen molar-refractivity contribution in [2.75, 3.05) is 7.11 Å². The van der Waals surface area contributed by atoms with Gasteiger partial charge < -0.3 is 0 Å². The van der Waals surface area contributed by atoms with Crippen molar-refractivity contribution in [3.8, 4) is 0 Å². The SMILES string of the molecule is CONNC(C)C. The van der Waals surface area contributed by atoms with Crippen LogP contribution in [0.4, 0.5) is 0 Å². The standard InChI is InChI=1S/C4H12N2O/c1-4(2)5-6-7-3/h4-6H,1-3H3. The lowest BCUT2D eigenvalue weighted by atomic mass is 10.4. The molecule has 44 valence electrons. The Morgan fingerprint density at radius 2 is 2.00 bits per heavy atom. The molecular formula is C4H12N2O. The van der Waals surface area contributed by atoms with E-state index in [1.807, 2.05) is 13.8 Å². The molecule has 0 rings (SSSR count). The predicted molar refractivity (Wildman–Crippen MR) is 28.4 cm³/mol. The van der Waals surface area contributed by atoms with Gasteiger partial charge in [0.15, 0.2) is 0 Å². The normalized spacial score (nSPS) is 10.3. The maximum absolute atomic E-state index is 4.49. The molecule has 0 unspecified atom stereocenters. The van der Waals surface area contributed by atoms with E-state index in [9.17, 15) is 0 Å². The van der Waals surface area contributed by atoms with Crippen LogP contribution in [0.5, 0.6) is 0 Å². The molecule has 0 saturated carbocycles. The molecule has 0 aliphatic carbocycles. The summed E-state index contributed by atoms with van der Waals surface area (Å²) in [5, 5.41) is 0. The maximum atomic E-state index is 4.49. The van der Waals surface area contributed by atoms with Crippen LogP contribution in [-0.4, -0.2) is 13.2 Å².